The number of hydrogen-bond donors (Lipinski definition) is 0. The van der Waals surface area contributed by atoms with Crippen LogP contribution in [0.25, 0.3) is 0 Å². The van der Waals surface area contributed by atoms with Crippen LogP contribution in [0.1, 0.15) is 45.7 Å². The summed E-state index contributed by atoms with van der Waals surface area (Å²) in [5, 5.41) is 0.123. The van der Waals surface area contributed by atoms with E-state index < -0.39 is 0 Å². The highest BCUT2D eigenvalue weighted by Gasteiger charge is 2.31. The summed E-state index contributed by atoms with van der Waals surface area (Å²) >= 11 is 6.52. The minimum Gasteiger partial charge on any atom is -0.261 e. The maximum absolute atomic E-state index is 6.52. The number of hydrogen-bond acceptors (Lipinski definition) is 1. The summed E-state index contributed by atoms with van der Waals surface area (Å²) in [6.45, 7) is 8.76. The van der Waals surface area contributed by atoms with E-state index in [1.807, 2.05) is 24.4 Å². The Hall–Kier alpha value is -0.560. The molecule has 0 fully saturated rings. The maximum atomic E-state index is 6.52. The molecule has 0 N–H and O–H groups in total. The highest BCUT2D eigenvalue weighted by Crippen LogP contribution is 2.37. The Morgan fingerprint density at radius 2 is 2.07 bits per heavy atom. The molecule has 1 aromatic rings. The van der Waals surface area contributed by atoms with Gasteiger partial charge in [-0.25, -0.2) is 0 Å². The average Bonchev–Trinajstić information content (AvgIpc) is 2.28. The maximum Gasteiger partial charge on any atom is 0.0467 e. The van der Waals surface area contributed by atoms with Gasteiger partial charge >= 0.3 is 0 Å². The third kappa shape index (κ3) is 2.94. The third-order valence-corrected chi connectivity index (χ3v) is 4.22. The second-order valence-corrected chi connectivity index (χ2v) is 5.26. The smallest absolute Gasteiger partial charge is 0.0467 e. The number of rotatable bonds is 4. The van der Waals surface area contributed by atoms with Crippen LogP contribution < -0.4 is 0 Å². The Kier molecular flexibility index (Phi) is 4.15. The van der Waals surface area contributed by atoms with Crippen LogP contribution in [-0.4, -0.2) is 10.4 Å². The molecule has 2 atom stereocenters. The van der Waals surface area contributed by atoms with Gasteiger partial charge in [-0.05, 0) is 24.0 Å². The Morgan fingerprint density at radius 3 is 2.53 bits per heavy atom. The van der Waals surface area contributed by atoms with Crippen LogP contribution in [-0.2, 0) is 0 Å². The molecule has 1 nitrogen and oxygen atoms in total. The topological polar surface area (TPSA) is 12.9 Å². The molecule has 1 rings (SSSR count). The van der Waals surface area contributed by atoms with Gasteiger partial charge in [0, 0.05) is 23.2 Å². The van der Waals surface area contributed by atoms with Crippen molar-refractivity contribution in [1.82, 2.24) is 4.98 Å². The predicted molar refractivity (Wildman–Crippen MR) is 66.4 cm³/mol. The number of pyridine rings is 1. The van der Waals surface area contributed by atoms with Crippen LogP contribution in [0.5, 0.6) is 0 Å². The third-order valence-electron chi connectivity index (χ3n) is 3.25. The van der Waals surface area contributed by atoms with Gasteiger partial charge in [-0.2, -0.15) is 0 Å². The first-order valence-corrected chi connectivity index (χ1v) is 5.97. The first kappa shape index (κ1) is 12.5. The summed E-state index contributed by atoms with van der Waals surface area (Å²) in [5.74, 6) is 0.294. The molecule has 0 aliphatic heterocycles. The number of alkyl halides is 1. The Balaban J connectivity index is 2.82. The van der Waals surface area contributed by atoms with E-state index in [4.69, 9.17) is 11.6 Å². The van der Waals surface area contributed by atoms with Crippen LogP contribution in [0, 0.1) is 5.41 Å². The van der Waals surface area contributed by atoms with Crippen molar-refractivity contribution in [3.8, 4) is 0 Å². The fourth-order valence-electron chi connectivity index (χ4n) is 1.67. The van der Waals surface area contributed by atoms with Crippen molar-refractivity contribution < 1.29 is 0 Å². The molecular weight excluding hydrogens is 206 g/mol. The van der Waals surface area contributed by atoms with Crippen LogP contribution in [0.2, 0.25) is 0 Å². The fraction of sp³-hybridized carbons (Fsp3) is 0.615. The van der Waals surface area contributed by atoms with E-state index in [0.29, 0.717) is 5.92 Å². The Labute approximate surface area is 97.9 Å². The molecule has 0 aliphatic carbocycles. The molecule has 15 heavy (non-hydrogen) atoms. The average molecular weight is 226 g/mol. The van der Waals surface area contributed by atoms with Gasteiger partial charge in [-0.3, -0.25) is 4.98 Å². The van der Waals surface area contributed by atoms with Crippen LogP contribution in [0.4, 0.5) is 0 Å². The molecule has 0 spiro atoms. The second kappa shape index (κ2) is 4.98. The zero-order valence-electron chi connectivity index (χ0n) is 10.00. The van der Waals surface area contributed by atoms with Gasteiger partial charge in [0.05, 0.1) is 0 Å². The number of aromatic nitrogens is 1. The molecular formula is C13H20ClN. The van der Waals surface area contributed by atoms with E-state index in [1.54, 1.807) is 0 Å². The molecule has 0 amide bonds. The van der Waals surface area contributed by atoms with Gasteiger partial charge in [0.2, 0.25) is 0 Å². The number of halogens is 1. The summed E-state index contributed by atoms with van der Waals surface area (Å²) in [6.07, 6.45) is 2.91. The van der Waals surface area contributed by atoms with Gasteiger partial charge in [0.1, 0.15) is 0 Å². The molecule has 0 saturated carbocycles. The molecule has 0 aliphatic rings. The van der Waals surface area contributed by atoms with Crippen LogP contribution in [0.15, 0.2) is 24.4 Å². The largest absolute Gasteiger partial charge is 0.261 e. The molecule has 2 unspecified atom stereocenters. The lowest BCUT2D eigenvalue weighted by Gasteiger charge is -2.32. The minimum absolute atomic E-state index is 0.123. The van der Waals surface area contributed by atoms with Gasteiger partial charge < -0.3 is 0 Å². The quantitative estimate of drug-likeness (QED) is 0.699. The van der Waals surface area contributed by atoms with Crippen molar-refractivity contribution >= 4 is 11.6 Å². The molecule has 1 aromatic heterocycles. The SMILES string of the molecule is CCC(C)(C)C(Cl)C(C)c1ccccn1. The molecule has 84 valence electrons. The predicted octanol–water partition coefficient (Wildman–Crippen LogP) is 4.23. The minimum atomic E-state index is 0.123. The van der Waals surface area contributed by atoms with E-state index in [2.05, 4.69) is 32.7 Å². The molecule has 0 radical (unpaired) electrons. The van der Waals surface area contributed by atoms with Gasteiger partial charge in [-0.15, -0.1) is 11.6 Å². The lowest BCUT2D eigenvalue weighted by molar-refractivity contribution is 0.306. The van der Waals surface area contributed by atoms with Crippen molar-refractivity contribution in [2.75, 3.05) is 0 Å². The van der Waals surface area contributed by atoms with E-state index in [-0.39, 0.29) is 10.8 Å². The molecule has 1 heterocycles. The van der Waals surface area contributed by atoms with Crippen molar-refractivity contribution in [1.29, 1.82) is 0 Å². The van der Waals surface area contributed by atoms with Crippen molar-refractivity contribution in [2.45, 2.75) is 45.4 Å². The first-order valence-electron chi connectivity index (χ1n) is 5.54. The lowest BCUT2D eigenvalue weighted by Crippen LogP contribution is -2.29. The summed E-state index contributed by atoms with van der Waals surface area (Å²) < 4.78 is 0. The summed E-state index contributed by atoms with van der Waals surface area (Å²) in [7, 11) is 0. The lowest BCUT2D eigenvalue weighted by atomic mass is 9.79. The van der Waals surface area contributed by atoms with Crippen molar-refractivity contribution in [2.24, 2.45) is 5.41 Å². The zero-order valence-corrected chi connectivity index (χ0v) is 10.8. The molecule has 0 aromatic carbocycles. The summed E-state index contributed by atoms with van der Waals surface area (Å²) in [4.78, 5) is 4.36. The first-order chi connectivity index (χ1) is 6.99. The highest BCUT2D eigenvalue weighted by atomic mass is 35.5. The summed E-state index contributed by atoms with van der Waals surface area (Å²) in [6, 6.07) is 6.00. The Morgan fingerprint density at radius 1 is 1.40 bits per heavy atom. The van der Waals surface area contributed by atoms with E-state index in [0.717, 1.165) is 12.1 Å². The standard InChI is InChI=1S/C13H20ClN/c1-5-13(3,4)12(14)10(2)11-8-6-7-9-15-11/h6-10,12H,5H2,1-4H3. The Bertz CT molecular complexity index is 295. The van der Waals surface area contributed by atoms with Crippen LogP contribution in [0.3, 0.4) is 0 Å². The van der Waals surface area contributed by atoms with Crippen molar-refractivity contribution in [3.05, 3.63) is 30.1 Å². The van der Waals surface area contributed by atoms with Crippen molar-refractivity contribution in [3.63, 3.8) is 0 Å². The van der Waals surface area contributed by atoms with Crippen LogP contribution >= 0.6 is 11.6 Å². The monoisotopic (exact) mass is 225 g/mol. The zero-order chi connectivity index (χ0) is 11.5. The van der Waals surface area contributed by atoms with Gasteiger partial charge in [-0.1, -0.05) is 33.8 Å². The van der Waals surface area contributed by atoms with E-state index in [9.17, 15) is 0 Å². The molecule has 0 bridgehead atoms. The van der Waals surface area contributed by atoms with E-state index in [1.165, 1.54) is 0 Å². The fourth-order valence-corrected chi connectivity index (χ4v) is 1.95. The van der Waals surface area contributed by atoms with E-state index >= 15 is 0 Å². The second-order valence-electron chi connectivity index (χ2n) is 4.79. The summed E-state index contributed by atoms with van der Waals surface area (Å²) in [5.41, 5.74) is 1.23. The van der Waals surface area contributed by atoms with Gasteiger partial charge in [0.15, 0.2) is 0 Å². The normalized spacial score (nSPS) is 16.1. The highest BCUT2D eigenvalue weighted by molar-refractivity contribution is 6.21. The number of nitrogens with zero attached hydrogens (tertiary/aromatic N) is 1. The van der Waals surface area contributed by atoms with Gasteiger partial charge in [0.25, 0.3) is 0 Å². The molecule has 0 saturated heterocycles. The molecule has 2 heteroatoms.